The minimum absolute atomic E-state index is 0.000731. The molecule has 3 aliphatic rings. The molecule has 7 nitrogen and oxygen atoms in total. The lowest BCUT2D eigenvalue weighted by molar-refractivity contribution is -0.150. The Labute approximate surface area is 265 Å². The highest BCUT2D eigenvalue weighted by molar-refractivity contribution is 6.99. The lowest BCUT2D eigenvalue weighted by Gasteiger charge is -2.43. The van der Waals surface area contributed by atoms with Crippen LogP contribution in [0.2, 0.25) is 5.04 Å². The number of aliphatic hydroxyl groups is 4. The third-order valence-electron chi connectivity index (χ3n) is 9.47. The van der Waals surface area contributed by atoms with Gasteiger partial charge in [-0.15, -0.1) is 0 Å². The maximum absolute atomic E-state index is 11.1. The van der Waals surface area contributed by atoms with Gasteiger partial charge in [0.1, 0.15) is 0 Å². The Morgan fingerprint density at radius 3 is 1.59 bits per heavy atom. The van der Waals surface area contributed by atoms with Crippen LogP contribution in [0.1, 0.15) is 85.5 Å². The van der Waals surface area contributed by atoms with Crippen LogP contribution in [0.4, 0.5) is 0 Å². The summed E-state index contributed by atoms with van der Waals surface area (Å²) >= 11 is 0. The first kappa shape index (κ1) is 36.4. The minimum atomic E-state index is -2.46. The standard InChI is InChI=1S/C22H30O2Si.C8H14O3.C6H12O2/c1-22(2,3)25(19-12-6-4-7-13-19,20-14-8-5-9-15-20)24-17-18-11-10-16-21(18)23;1-2-11-8(10)6-4-3-5-7(6)9;7-4-5-2-1-3-6(5)8/h4-9,12-15,18,21,23H,10-11,16-17H2,1-3H3;6-7,9H,2-5H2,1H3;5-8H,1-4H2/t18-,21-;6-,7+;5-,6-/m010/s1. The molecule has 0 amide bonds. The molecule has 8 heteroatoms. The van der Waals surface area contributed by atoms with Crippen LogP contribution in [0.15, 0.2) is 60.7 Å². The van der Waals surface area contributed by atoms with E-state index >= 15 is 0 Å². The molecule has 3 aliphatic carbocycles. The molecule has 0 aromatic heterocycles. The normalized spacial score (nSPS) is 26.7. The van der Waals surface area contributed by atoms with E-state index in [4.69, 9.17) is 19.4 Å². The third-order valence-corrected chi connectivity index (χ3v) is 14.5. The molecular formula is C36H56O7Si. The summed E-state index contributed by atoms with van der Waals surface area (Å²) in [6, 6.07) is 21.4. The van der Waals surface area contributed by atoms with Gasteiger partial charge in [0, 0.05) is 25.0 Å². The second-order valence-electron chi connectivity index (χ2n) is 13.5. The lowest BCUT2D eigenvalue weighted by Crippen LogP contribution is -2.67. The molecule has 0 unspecified atom stereocenters. The fourth-order valence-corrected chi connectivity index (χ4v) is 11.5. The number of hydrogen-bond acceptors (Lipinski definition) is 7. The number of carbonyl (C=O) groups is 1. The molecule has 0 bridgehead atoms. The van der Waals surface area contributed by atoms with Gasteiger partial charge in [-0.2, -0.15) is 0 Å². The monoisotopic (exact) mass is 628 g/mol. The maximum atomic E-state index is 11.1. The molecule has 0 aliphatic heterocycles. The van der Waals surface area contributed by atoms with Crippen molar-refractivity contribution in [1.82, 2.24) is 0 Å². The van der Waals surface area contributed by atoms with Gasteiger partial charge < -0.3 is 29.6 Å². The highest BCUT2D eigenvalue weighted by atomic mass is 28.4. The highest BCUT2D eigenvalue weighted by Crippen LogP contribution is 2.38. The van der Waals surface area contributed by atoms with E-state index < -0.39 is 14.4 Å². The topological polar surface area (TPSA) is 116 Å². The molecule has 0 heterocycles. The summed E-state index contributed by atoms with van der Waals surface area (Å²) in [6.45, 7) is 9.87. The Kier molecular flexibility index (Phi) is 14.5. The predicted molar refractivity (Wildman–Crippen MR) is 177 cm³/mol. The molecule has 44 heavy (non-hydrogen) atoms. The van der Waals surface area contributed by atoms with Gasteiger partial charge in [-0.3, -0.25) is 4.79 Å². The Morgan fingerprint density at radius 2 is 1.23 bits per heavy atom. The van der Waals surface area contributed by atoms with Crippen LogP contribution in [-0.4, -0.2) is 72.8 Å². The summed E-state index contributed by atoms with van der Waals surface area (Å²) in [7, 11) is -2.46. The fourth-order valence-electron chi connectivity index (χ4n) is 6.90. The average molecular weight is 629 g/mol. The van der Waals surface area contributed by atoms with Crippen LogP contribution in [0.25, 0.3) is 0 Å². The number of benzene rings is 2. The SMILES string of the molecule is CC(C)(C)[Si](OC[C@@H]1CCC[C@@H]1O)(c1ccccc1)c1ccccc1.CCOC(=O)[C@@H]1CCC[C@@H]1O.OC[C@@H]1CCC[C@@H]1O. The summed E-state index contributed by atoms with van der Waals surface area (Å²) in [6.07, 6.45) is 7.60. The second kappa shape index (κ2) is 17.6. The number of carbonyl (C=O) groups excluding carboxylic acids is 1. The van der Waals surface area contributed by atoms with Crippen LogP contribution < -0.4 is 10.4 Å². The number of esters is 1. The zero-order valence-electron chi connectivity index (χ0n) is 27.2. The molecule has 3 fully saturated rings. The van der Waals surface area contributed by atoms with Gasteiger partial charge in [0.05, 0.1) is 30.8 Å². The fraction of sp³-hybridized carbons (Fsp3) is 0.639. The molecule has 0 radical (unpaired) electrons. The van der Waals surface area contributed by atoms with Crippen molar-refractivity contribution in [2.45, 2.75) is 109 Å². The molecule has 246 valence electrons. The largest absolute Gasteiger partial charge is 0.466 e. The first-order valence-corrected chi connectivity index (χ1v) is 18.5. The van der Waals surface area contributed by atoms with E-state index in [0.717, 1.165) is 57.8 Å². The van der Waals surface area contributed by atoms with Crippen LogP contribution in [0, 0.1) is 17.8 Å². The molecule has 2 aromatic carbocycles. The van der Waals surface area contributed by atoms with E-state index in [1.54, 1.807) is 6.92 Å². The summed E-state index contributed by atoms with van der Waals surface area (Å²) < 4.78 is 11.7. The molecule has 4 N–H and O–H groups in total. The van der Waals surface area contributed by atoms with Gasteiger partial charge in [-0.25, -0.2) is 0 Å². The van der Waals surface area contributed by atoms with E-state index in [9.17, 15) is 15.0 Å². The quantitative estimate of drug-likeness (QED) is 0.250. The molecule has 0 spiro atoms. The molecule has 6 atom stereocenters. The van der Waals surface area contributed by atoms with Gasteiger partial charge in [0.15, 0.2) is 0 Å². The molecule has 0 saturated heterocycles. The zero-order chi connectivity index (χ0) is 32.2. The van der Waals surface area contributed by atoms with Crippen molar-refractivity contribution < 1.29 is 34.4 Å². The lowest BCUT2D eigenvalue weighted by atomic mass is 10.1. The Hall–Kier alpha value is -2.07. The molecule has 3 saturated carbocycles. The van der Waals surface area contributed by atoms with Gasteiger partial charge in [-0.1, -0.05) is 94.3 Å². The van der Waals surface area contributed by atoms with Crippen molar-refractivity contribution in [3.63, 3.8) is 0 Å². The van der Waals surface area contributed by atoms with Crippen LogP contribution in [0.3, 0.4) is 0 Å². The van der Waals surface area contributed by atoms with Crippen molar-refractivity contribution >= 4 is 24.7 Å². The molecular weight excluding hydrogens is 572 g/mol. The Bertz CT molecular complexity index is 1050. The van der Waals surface area contributed by atoms with Crippen molar-refractivity contribution in [2.24, 2.45) is 17.8 Å². The minimum Gasteiger partial charge on any atom is -0.466 e. The van der Waals surface area contributed by atoms with Gasteiger partial charge >= 0.3 is 5.97 Å². The van der Waals surface area contributed by atoms with Gasteiger partial charge in [-0.05, 0) is 67.3 Å². The Morgan fingerprint density at radius 1 is 0.750 bits per heavy atom. The zero-order valence-corrected chi connectivity index (χ0v) is 28.2. The van der Waals surface area contributed by atoms with E-state index in [2.05, 4.69) is 81.4 Å². The van der Waals surface area contributed by atoms with Crippen LogP contribution in [-0.2, 0) is 14.0 Å². The van der Waals surface area contributed by atoms with Gasteiger partial charge in [0.25, 0.3) is 8.32 Å². The number of aliphatic hydroxyl groups excluding tert-OH is 4. The molecule has 5 rings (SSSR count). The first-order valence-electron chi connectivity index (χ1n) is 16.6. The predicted octanol–water partition coefficient (Wildman–Crippen LogP) is 4.57. The third kappa shape index (κ3) is 9.47. The summed E-state index contributed by atoms with van der Waals surface area (Å²) in [4.78, 5) is 11.1. The van der Waals surface area contributed by atoms with Crippen LogP contribution in [0.5, 0.6) is 0 Å². The van der Waals surface area contributed by atoms with Crippen molar-refractivity contribution in [2.75, 3.05) is 19.8 Å². The van der Waals surface area contributed by atoms with Gasteiger partial charge in [0.2, 0.25) is 0 Å². The second-order valence-corrected chi connectivity index (χ2v) is 17.8. The first-order chi connectivity index (χ1) is 21.0. The number of ether oxygens (including phenoxy) is 1. The average Bonchev–Trinajstić information content (AvgIpc) is 3.75. The van der Waals surface area contributed by atoms with Crippen molar-refractivity contribution in [3.05, 3.63) is 60.7 Å². The smallest absolute Gasteiger partial charge is 0.311 e. The Balaban J connectivity index is 0.000000227. The van der Waals surface area contributed by atoms with E-state index in [1.807, 2.05) is 0 Å². The summed E-state index contributed by atoms with van der Waals surface area (Å²) in [5.41, 5.74) is 0. The van der Waals surface area contributed by atoms with E-state index in [0.29, 0.717) is 13.2 Å². The van der Waals surface area contributed by atoms with Crippen LogP contribution >= 0.6 is 0 Å². The molecule has 2 aromatic rings. The highest BCUT2D eigenvalue weighted by Gasteiger charge is 2.50. The number of hydrogen-bond donors (Lipinski definition) is 4. The summed E-state index contributed by atoms with van der Waals surface area (Å²) in [5.74, 6) is -0.0518. The van der Waals surface area contributed by atoms with Crippen molar-refractivity contribution in [1.29, 1.82) is 0 Å². The van der Waals surface area contributed by atoms with E-state index in [-0.39, 0.29) is 47.6 Å². The maximum Gasteiger partial charge on any atom is 0.311 e. The number of rotatable bonds is 8. The van der Waals surface area contributed by atoms with Crippen molar-refractivity contribution in [3.8, 4) is 0 Å². The summed E-state index contributed by atoms with van der Waals surface area (Å²) in [5, 5.41) is 39.8. The van der Waals surface area contributed by atoms with E-state index in [1.165, 1.54) is 10.4 Å².